The van der Waals surface area contributed by atoms with Crippen LogP contribution in [0, 0.1) is 0 Å². The SMILES string of the molecule is CC1(C)CC(C)(N)c2cc(Cl)cc(Cl)c2O1. The number of halogens is 2. The second-order valence-electron chi connectivity index (χ2n) is 5.22. The molecule has 1 unspecified atom stereocenters. The van der Waals surface area contributed by atoms with E-state index in [1.165, 1.54) is 0 Å². The number of nitrogens with two attached hydrogens (primary N) is 1. The number of fused-ring (bicyclic) bond motifs is 1. The lowest BCUT2D eigenvalue weighted by Gasteiger charge is -2.42. The fourth-order valence-corrected chi connectivity index (χ4v) is 2.91. The fourth-order valence-electron chi connectivity index (χ4n) is 2.38. The molecule has 1 aliphatic rings. The number of hydrogen-bond donors (Lipinski definition) is 1. The van der Waals surface area contributed by atoms with E-state index in [9.17, 15) is 0 Å². The highest BCUT2D eigenvalue weighted by Crippen LogP contribution is 2.46. The Morgan fingerprint density at radius 1 is 1.25 bits per heavy atom. The standard InChI is InChI=1S/C12H15Cl2NO/c1-11(2)6-12(3,15)8-4-7(13)5-9(14)10(8)16-11/h4-5H,6,15H2,1-3H3. The molecule has 0 saturated carbocycles. The van der Waals surface area contributed by atoms with Crippen LogP contribution in [0.3, 0.4) is 0 Å². The van der Waals surface area contributed by atoms with Gasteiger partial charge in [0, 0.05) is 22.5 Å². The summed E-state index contributed by atoms with van der Waals surface area (Å²) < 4.78 is 5.87. The van der Waals surface area contributed by atoms with Gasteiger partial charge in [0.25, 0.3) is 0 Å². The predicted molar refractivity (Wildman–Crippen MR) is 67.3 cm³/mol. The first-order chi connectivity index (χ1) is 7.21. The van der Waals surface area contributed by atoms with Gasteiger partial charge in [-0.1, -0.05) is 23.2 Å². The molecule has 0 radical (unpaired) electrons. The van der Waals surface area contributed by atoms with Crippen molar-refractivity contribution in [2.24, 2.45) is 5.73 Å². The minimum absolute atomic E-state index is 0.312. The third kappa shape index (κ3) is 2.02. The van der Waals surface area contributed by atoms with Crippen molar-refractivity contribution in [1.29, 1.82) is 0 Å². The van der Waals surface area contributed by atoms with Crippen LogP contribution in [0.1, 0.15) is 32.8 Å². The van der Waals surface area contributed by atoms with Gasteiger partial charge in [-0.25, -0.2) is 0 Å². The van der Waals surface area contributed by atoms with E-state index in [1.54, 1.807) is 6.07 Å². The van der Waals surface area contributed by atoms with Crippen LogP contribution < -0.4 is 10.5 Å². The lowest BCUT2D eigenvalue weighted by atomic mass is 9.80. The van der Waals surface area contributed by atoms with Gasteiger partial charge >= 0.3 is 0 Å². The Kier molecular flexibility index (Phi) is 2.65. The van der Waals surface area contributed by atoms with Crippen molar-refractivity contribution >= 4 is 23.2 Å². The molecule has 1 aromatic carbocycles. The molecule has 2 nitrogen and oxygen atoms in total. The van der Waals surface area contributed by atoms with Crippen molar-refractivity contribution in [3.8, 4) is 5.75 Å². The summed E-state index contributed by atoms with van der Waals surface area (Å²) in [5.74, 6) is 0.660. The highest BCUT2D eigenvalue weighted by Gasteiger charge is 2.40. The average Bonchev–Trinajstić information content (AvgIpc) is 2.05. The van der Waals surface area contributed by atoms with Gasteiger partial charge in [-0.05, 0) is 32.9 Å². The van der Waals surface area contributed by atoms with E-state index >= 15 is 0 Å². The van der Waals surface area contributed by atoms with Crippen LogP contribution in [0.15, 0.2) is 12.1 Å². The molecule has 0 bridgehead atoms. The summed E-state index contributed by atoms with van der Waals surface area (Å²) >= 11 is 12.1. The fraction of sp³-hybridized carbons (Fsp3) is 0.500. The van der Waals surface area contributed by atoms with E-state index in [4.69, 9.17) is 33.7 Å². The Morgan fingerprint density at radius 3 is 2.50 bits per heavy atom. The van der Waals surface area contributed by atoms with E-state index in [-0.39, 0.29) is 5.60 Å². The van der Waals surface area contributed by atoms with Gasteiger partial charge in [0.1, 0.15) is 11.4 Å². The maximum absolute atomic E-state index is 6.31. The molecule has 0 aliphatic carbocycles. The van der Waals surface area contributed by atoms with Crippen molar-refractivity contribution < 1.29 is 4.74 Å². The highest BCUT2D eigenvalue weighted by molar-refractivity contribution is 6.35. The van der Waals surface area contributed by atoms with Crippen molar-refractivity contribution in [2.75, 3.05) is 0 Å². The Balaban J connectivity index is 2.64. The van der Waals surface area contributed by atoms with Gasteiger partial charge in [-0.15, -0.1) is 0 Å². The summed E-state index contributed by atoms with van der Waals surface area (Å²) in [6.07, 6.45) is 0.726. The summed E-state index contributed by atoms with van der Waals surface area (Å²) in [7, 11) is 0. The minimum atomic E-state index is -0.467. The Labute approximate surface area is 106 Å². The van der Waals surface area contributed by atoms with Crippen LogP contribution in [-0.2, 0) is 5.54 Å². The Hall–Kier alpha value is -0.440. The zero-order valence-electron chi connectivity index (χ0n) is 9.60. The molecule has 16 heavy (non-hydrogen) atoms. The quantitative estimate of drug-likeness (QED) is 0.771. The van der Waals surface area contributed by atoms with E-state index < -0.39 is 5.54 Å². The maximum Gasteiger partial charge on any atom is 0.143 e. The van der Waals surface area contributed by atoms with Crippen LogP contribution in [0.2, 0.25) is 10.0 Å². The van der Waals surface area contributed by atoms with Crippen LogP contribution >= 0.6 is 23.2 Å². The monoisotopic (exact) mass is 259 g/mol. The number of ether oxygens (including phenoxy) is 1. The van der Waals surface area contributed by atoms with Gasteiger partial charge in [-0.3, -0.25) is 0 Å². The molecule has 0 spiro atoms. The number of rotatable bonds is 0. The minimum Gasteiger partial charge on any atom is -0.486 e. The van der Waals surface area contributed by atoms with E-state index in [0.717, 1.165) is 12.0 Å². The van der Waals surface area contributed by atoms with E-state index in [0.29, 0.717) is 15.8 Å². The summed E-state index contributed by atoms with van der Waals surface area (Å²) in [5.41, 5.74) is 6.41. The van der Waals surface area contributed by atoms with Crippen LogP contribution in [0.4, 0.5) is 0 Å². The summed E-state index contributed by atoms with van der Waals surface area (Å²) in [6.45, 7) is 5.99. The molecule has 0 aromatic heterocycles. The van der Waals surface area contributed by atoms with Crippen molar-refractivity contribution in [3.05, 3.63) is 27.7 Å². The topological polar surface area (TPSA) is 35.2 Å². The van der Waals surface area contributed by atoms with Crippen LogP contribution in [-0.4, -0.2) is 5.60 Å². The molecule has 0 amide bonds. The van der Waals surface area contributed by atoms with Gasteiger partial charge in [0.15, 0.2) is 0 Å². The summed E-state index contributed by atoms with van der Waals surface area (Å²) in [6, 6.07) is 3.51. The molecule has 1 heterocycles. The van der Waals surface area contributed by atoms with Crippen molar-refractivity contribution in [3.63, 3.8) is 0 Å². The number of hydrogen-bond acceptors (Lipinski definition) is 2. The zero-order valence-corrected chi connectivity index (χ0v) is 11.1. The Morgan fingerprint density at radius 2 is 1.88 bits per heavy atom. The van der Waals surface area contributed by atoms with Gasteiger partial charge in [0.2, 0.25) is 0 Å². The van der Waals surface area contributed by atoms with Gasteiger partial charge < -0.3 is 10.5 Å². The molecule has 1 atom stereocenters. The molecular formula is C12H15Cl2NO. The first-order valence-electron chi connectivity index (χ1n) is 5.19. The predicted octanol–water partition coefficient (Wildman–Crippen LogP) is 3.73. The second kappa shape index (κ2) is 3.52. The molecule has 1 aliphatic heterocycles. The molecule has 88 valence electrons. The molecule has 1 aromatic rings. The molecule has 0 saturated heterocycles. The number of benzene rings is 1. The normalized spacial score (nSPS) is 27.1. The maximum atomic E-state index is 6.31. The summed E-state index contributed by atoms with van der Waals surface area (Å²) in [5, 5.41) is 1.11. The van der Waals surface area contributed by atoms with E-state index in [2.05, 4.69) is 0 Å². The smallest absolute Gasteiger partial charge is 0.143 e. The molecule has 0 fully saturated rings. The van der Waals surface area contributed by atoms with E-state index in [1.807, 2.05) is 26.8 Å². The van der Waals surface area contributed by atoms with Crippen LogP contribution in [0.5, 0.6) is 5.75 Å². The molecular weight excluding hydrogens is 245 g/mol. The lowest BCUT2D eigenvalue weighted by molar-refractivity contribution is 0.0504. The van der Waals surface area contributed by atoms with Gasteiger partial charge in [0.05, 0.1) is 5.02 Å². The zero-order chi connectivity index (χ0) is 12.1. The lowest BCUT2D eigenvalue weighted by Crippen LogP contribution is -2.47. The van der Waals surface area contributed by atoms with Gasteiger partial charge in [-0.2, -0.15) is 0 Å². The third-order valence-corrected chi connectivity index (χ3v) is 3.29. The highest BCUT2D eigenvalue weighted by atomic mass is 35.5. The largest absolute Gasteiger partial charge is 0.486 e. The molecule has 2 rings (SSSR count). The van der Waals surface area contributed by atoms with Crippen molar-refractivity contribution in [2.45, 2.75) is 38.3 Å². The first kappa shape index (κ1) is 12.0. The average molecular weight is 260 g/mol. The Bertz CT molecular complexity index is 441. The third-order valence-electron chi connectivity index (χ3n) is 2.79. The molecule has 2 N–H and O–H groups in total. The van der Waals surface area contributed by atoms with Crippen molar-refractivity contribution in [1.82, 2.24) is 0 Å². The second-order valence-corrected chi connectivity index (χ2v) is 6.06. The summed E-state index contributed by atoms with van der Waals surface area (Å²) in [4.78, 5) is 0. The van der Waals surface area contributed by atoms with Crippen LogP contribution in [0.25, 0.3) is 0 Å². The molecule has 4 heteroatoms. The first-order valence-corrected chi connectivity index (χ1v) is 5.94.